The fraction of sp³-hybridized carbons (Fsp3) is 0.600. The molecule has 3 rings (SSSR count). The van der Waals surface area contributed by atoms with Crippen LogP contribution in [0.3, 0.4) is 0 Å². The maximum Gasteiger partial charge on any atom is 0.356 e. The number of hydrogen-bond donors (Lipinski definition) is 2. The molecule has 1 aromatic heterocycles. The van der Waals surface area contributed by atoms with Gasteiger partial charge < -0.3 is 15.8 Å². The molecular formula is C15H22N4O2. The molecule has 3 heterocycles. The molecular weight excluding hydrogens is 268 g/mol. The van der Waals surface area contributed by atoms with Gasteiger partial charge in [-0.15, -0.1) is 0 Å². The number of esters is 1. The molecule has 0 amide bonds. The molecule has 1 aromatic rings. The number of nitrogen functional groups attached to an aromatic ring is 1. The number of pyridine rings is 1. The van der Waals surface area contributed by atoms with Gasteiger partial charge in [-0.1, -0.05) is 6.42 Å². The lowest BCUT2D eigenvalue weighted by molar-refractivity contribution is 0.0594. The maximum absolute atomic E-state index is 11.6. The van der Waals surface area contributed by atoms with E-state index in [-0.39, 0.29) is 5.69 Å². The molecule has 2 saturated heterocycles. The van der Waals surface area contributed by atoms with Crippen LogP contribution in [-0.2, 0) is 4.74 Å². The molecule has 114 valence electrons. The maximum atomic E-state index is 11.6. The van der Waals surface area contributed by atoms with E-state index in [1.807, 2.05) is 0 Å². The smallest absolute Gasteiger partial charge is 0.356 e. The van der Waals surface area contributed by atoms with Gasteiger partial charge in [0.15, 0.2) is 5.69 Å². The van der Waals surface area contributed by atoms with Crippen LogP contribution in [0.1, 0.15) is 36.2 Å². The van der Waals surface area contributed by atoms with Crippen molar-refractivity contribution in [2.45, 2.75) is 37.8 Å². The molecule has 0 bridgehead atoms. The van der Waals surface area contributed by atoms with E-state index in [0.29, 0.717) is 23.6 Å². The van der Waals surface area contributed by atoms with Crippen LogP contribution in [0.15, 0.2) is 12.1 Å². The van der Waals surface area contributed by atoms with E-state index in [4.69, 9.17) is 10.5 Å². The molecule has 0 aliphatic carbocycles. The lowest BCUT2D eigenvalue weighted by Gasteiger charge is -2.32. The SMILES string of the molecule is COC(=O)c1ccc(N)c(NC2CCN3CCCCC23)n1. The quantitative estimate of drug-likeness (QED) is 0.821. The van der Waals surface area contributed by atoms with Crippen LogP contribution in [0.2, 0.25) is 0 Å². The first kappa shape index (κ1) is 14.1. The lowest BCUT2D eigenvalue weighted by atomic mass is 9.99. The van der Waals surface area contributed by atoms with Gasteiger partial charge in [-0.25, -0.2) is 9.78 Å². The highest BCUT2D eigenvalue weighted by Gasteiger charge is 2.35. The Morgan fingerprint density at radius 3 is 3.05 bits per heavy atom. The summed E-state index contributed by atoms with van der Waals surface area (Å²) in [7, 11) is 1.35. The van der Waals surface area contributed by atoms with Crippen molar-refractivity contribution >= 4 is 17.5 Å². The monoisotopic (exact) mass is 290 g/mol. The third kappa shape index (κ3) is 2.81. The van der Waals surface area contributed by atoms with E-state index in [1.54, 1.807) is 12.1 Å². The molecule has 2 aliphatic rings. The van der Waals surface area contributed by atoms with Crippen LogP contribution in [0.5, 0.6) is 0 Å². The lowest BCUT2D eigenvalue weighted by Crippen LogP contribution is -2.42. The Labute approximate surface area is 124 Å². The number of rotatable bonds is 3. The predicted octanol–water partition coefficient (Wildman–Crippen LogP) is 1.49. The van der Waals surface area contributed by atoms with Crippen molar-refractivity contribution < 1.29 is 9.53 Å². The van der Waals surface area contributed by atoms with Gasteiger partial charge in [0, 0.05) is 18.6 Å². The number of nitrogens with zero attached hydrogens (tertiary/aromatic N) is 2. The first-order chi connectivity index (χ1) is 10.2. The van der Waals surface area contributed by atoms with Crippen molar-refractivity contribution in [2.24, 2.45) is 0 Å². The number of ether oxygens (including phenoxy) is 1. The minimum atomic E-state index is -0.441. The zero-order valence-corrected chi connectivity index (χ0v) is 12.3. The Hall–Kier alpha value is -1.82. The van der Waals surface area contributed by atoms with Gasteiger partial charge in [-0.05, 0) is 37.9 Å². The van der Waals surface area contributed by atoms with Crippen molar-refractivity contribution in [1.29, 1.82) is 0 Å². The van der Waals surface area contributed by atoms with E-state index in [1.165, 1.54) is 32.9 Å². The third-order valence-corrected chi connectivity index (χ3v) is 4.50. The second-order valence-corrected chi connectivity index (χ2v) is 5.76. The predicted molar refractivity (Wildman–Crippen MR) is 81.2 cm³/mol. The Balaban J connectivity index is 1.76. The molecule has 0 aromatic carbocycles. The van der Waals surface area contributed by atoms with Crippen LogP contribution < -0.4 is 11.1 Å². The van der Waals surface area contributed by atoms with Gasteiger partial charge in [0.1, 0.15) is 5.82 Å². The summed E-state index contributed by atoms with van der Waals surface area (Å²) in [5.41, 5.74) is 6.84. The average molecular weight is 290 g/mol. The zero-order valence-electron chi connectivity index (χ0n) is 12.3. The molecule has 0 saturated carbocycles. The van der Waals surface area contributed by atoms with Gasteiger partial charge in [0.25, 0.3) is 0 Å². The Morgan fingerprint density at radius 1 is 1.38 bits per heavy atom. The van der Waals surface area contributed by atoms with Crippen LogP contribution in [0.4, 0.5) is 11.5 Å². The van der Waals surface area contributed by atoms with E-state index in [9.17, 15) is 4.79 Å². The number of nitrogens with two attached hydrogens (primary N) is 1. The van der Waals surface area contributed by atoms with Crippen LogP contribution in [0.25, 0.3) is 0 Å². The fourth-order valence-corrected chi connectivity index (χ4v) is 3.40. The molecule has 0 radical (unpaired) electrons. The van der Waals surface area contributed by atoms with E-state index < -0.39 is 5.97 Å². The van der Waals surface area contributed by atoms with Gasteiger partial charge in [0.05, 0.1) is 12.8 Å². The van der Waals surface area contributed by atoms with Crippen LogP contribution >= 0.6 is 0 Å². The summed E-state index contributed by atoms with van der Waals surface area (Å²) >= 11 is 0. The second kappa shape index (κ2) is 5.89. The normalized spacial score (nSPS) is 25.4. The molecule has 0 spiro atoms. The minimum Gasteiger partial charge on any atom is -0.464 e. The summed E-state index contributed by atoms with van der Waals surface area (Å²) in [5.74, 6) is 0.152. The summed E-state index contributed by atoms with van der Waals surface area (Å²) in [5, 5.41) is 3.44. The van der Waals surface area contributed by atoms with Gasteiger partial charge in [-0.3, -0.25) is 4.90 Å². The standard InChI is InChI=1S/C15H22N4O2/c1-21-15(20)12-6-5-10(16)14(18-12)17-11-7-9-19-8-3-2-4-13(11)19/h5-6,11,13H,2-4,7-9,16H2,1H3,(H,17,18). The van der Waals surface area contributed by atoms with E-state index in [2.05, 4.69) is 15.2 Å². The van der Waals surface area contributed by atoms with Crippen LogP contribution in [0, 0.1) is 0 Å². The number of hydrogen-bond acceptors (Lipinski definition) is 6. The highest BCUT2D eigenvalue weighted by molar-refractivity contribution is 5.88. The third-order valence-electron chi connectivity index (χ3n) is 4.50. The van der Waals surface area contributed by atoms with Gasteiger partial charge >= 0.3 is 5.97 Å². The number of carbonyl (C=O) groups is 1. The van der Waals surface area contributed by atoms with E-state index >= 15 is 0 Å². The first-order valence-corrected chi connectivity index (χ1v) is 7.54. The number of nitrogens with one attached hydrogen (secondary N) is 1. The second-order valence-electron chi connectivity index (χ2n) is 5.76. The average Bonchev–Trinajstić information content (AvgIpc) is 2.92. The van der Waals surface area contributed by atoms with Crippen LogP contribution in [-0.4, -0.2) is 48.1 Å². The summed E-state index contributed by atoms with van der Waals surface area (Å²) in [6.07, 6.45) is 4.88. The fourth-order valence-electron chi connectivity index (χ4n) is 3.40. The summed E-state index contributed by atoms with van der Waals surface area (Å²) in [6, 6.07) is 4.21. The molecule has 6 heteroatoms. The Morgan fingerprint density at radius 2 is 2.24 bits per heavy atom. The van der Waals surface area contributed by atoms with Gasteiger partial charge in [-0.2, -0.15) is 0 Å². The molecule has 2 fully saturated rings. The number of piperidine rings is 1. The molecule has 3 N–H and O–H groups in total. The minimum absolute atomic E-state index is 0.285. The molecule has 2 unspecified atom stereocenters. The number of fused-ring (bicyclic) bond motifs is 1. The Kier molecular flexibility index (Phi) is 3.96. The number of carbonyl (C=O) groups excluding carboxylic acids is 1. The van der Waals surface area contributed by atoms with Crippen molar-refractivity contribution in [1.82, 2.24) is 9.88 Å². The van der Waals surface area contributed by atoms with Gasteiger partial charge in [0.2, 0.25) is 0 Å². The molecule has 21 heavy (non-hydrogen) atoms. The van der Waals surface area contributed by atoms with Crippen molar-refractivity contribution in [3.05, 3.63) is 17.8 Å². The summed E-state index contributed by atoms with van der Waals surface area (Å²) in [6.45, 7) is 2.31. The topological polar surface area (TPSA) is 80.5 Å². The number of aromatic nitrogens is 1. The highest BCUT2D eigenvalue weighted by atomic mass is 16.5. The first-order valence-electron chi connectivity index (χ1n) is 7.54. The number of methoxy groups -OCH3 is 1. The zero-order chi connectivity index (χ0) is 14.8. The Bertz CT molecular complexity index is 534. The molecule has 6 nitrogen and oxygen atoms in total. The van der Waals surface area contributed by atoms with Crippen molar-refractivity contribution in [3.8, 4) is 0 Å². The summed E-state index contributed by atoms with van der Waals surface area (Å²) in [4.78, 5) is 18.4. The van der Waals surface area contributed by atoms with Crippen molar-refractivity contribution in [3.63, 3.8) is 0 Å². The highest BCUT2D eigenvalue weighted by Crippen LogP contribution is 2.30. The largest absolute Gasteiger partial charge is 0.464 e. The van der Waals surface area contributed by atoms with E-state index in [0.717, 1.165) is 13.0 Å². The molecule has 2 aliphatic heterocycles. The van der Waals surface area contributed by atoms with Crippen molar-refractivity contribution in [2.75, 3.05) is 31.2 Å². The number of anilines is 2. The summed E-state index contributed by atoms with van der Waals surface area (Å²) < 4.78 is 4.71. The molecule has 2 atom stereocenters.